The van der Waals surface area contributed by atoms with Crippen molar-refractivity contribution in [2.45, 2.75) is 0 Å². The molecular formula is C17H11F2N3O3S. The Morgan fingerprint density at radius 3 is 2.50 bits per heavy atom. The van der Waals surface area contributed by atoms with Gasteiger partial charge in [0.05, 0.1) is 27.9 Å². The van der Waals surface area contributed by atoms with Crippen LogP contribution in [0, 0.1) is 21.7 Å². The minimum atomic E-state index is -0.826. The number of anilines is 3. The van der Waals surface area contributed by atoms with Gasteiger partial charge in [0.1, 0.15) is 5.82 Å². The summed E-state index contributed by atoms with van der Waals surface area (Å²) in [5, 5.41) is 19.1. The first-order valence-corrected chi connectivity index (χ1v) is 8.22. The largest absolute Gasteiger partial charge is 0.353 e. The minimum Gasteiger partial charge on any atom is -0.353 e. The summed E-state index contributed by atoms with van der Waals surface area (Å²) >= 11 is 1.34. The molecule has 132 valence electrons. The lowest BCUT2D eigenvalue weighted by molar-refractivity contribution is -0.385. The van der Waals surface area contributed by atoms with Crippen molar-refractivity contribution in [3.05, 3.63) is 80.5 Å². The molecule has 0 bridgehead atoms. The number of nitrogens with one attached hydrogen (secondary N) is 2. The standard InChI is InChI=1S/C17H11F2N3O3S/c18-13-3-1-11(7-16(13)21-17(23)10-5-6-26-9-10)20-15-4-2-12(22(24)25)8-14(15)19/h1-9,20H,(H,21,23). The third kappa shape index (κ3) is 3.83. The smallest absolute Gasteiger partial charge is 0.272 e. The van der Waals surface area contributed by atoms with E-state index < -0.39 is 22.5 Å². The molecule has 3 aromatic rings. The average Bonchev–Trinajstić information content (AvgIpc) is 3.14. The maximum atomic E-state index is 14.0. The van der Waals surface area contributed by atoms with Crippen molar-refractivity contribution in [1.29, 1.82) is 0 Å². The van der Waals surface area contributed by atoms with Crippen LogP contribution in [0.3, 0.4) is 0 Å². The summed E-state index contributed by atoms with van der Waals surface area (Å²) in [6.45, 7) is 0. The van der Waals surface area contributed by atoms with Gasteiger partial charge in [0.25, 0.3) is 11.6 Å². The van der Waals surface area contributed by atoms with Crippen molar-refractivity contribution in [2.75, 3.05) is 10.6 Å². The number of hydrogen-bond donors (Lipinski definition) is 2. The van der Waals surface area contributed by atoms with Crippen LogP contribution in [-0.4, -0.2) is 10.8 Å². The van der Waals surface area contributed by atoms with Gasteiger partial charge >= 0.3 is 0 Å². The quantitative estimate of drug-likeness (QED) is 0.489. The van der Waals surface area contributed by atoms with Crippen LogP contribution in [0.5, 0.6) is 0 Å². The van der Waals surface area contributed by atoms with Gasteiger partial charge in [-0.1, -0.05) is 0 Å². The first-order chi connectivity index (χ1) is 12.4. The predicted molar refractivity (Wildman–Crippen MR) is 95.0 cm³/mol. The number of nitrogens with zero attached hydrogens (tertiary/aromatic N) is 1. The molecule has 26 heavy (non-hydrogen) atoms. The van der Waals surface area contributed by atoms with E-state index in [1.807, 2.05) is 0 Å². The van der Waals surface area contributed by atoms with Gasteiger partial charge in [-0.05, 0) is 35.7 Å². The van der Waals surface area contributed by atoms with Crippen LogP contribution in [0.1, 0.15) is 10.4 Å². The number of hydrogen-bond acceptors (Lipinski definition) is 5. The summed E-state index contributed by atoms with van der Waals surface area (Å²) in [6, 6.07) is 8.53. The highest BCUT2D eigenvalue weighted by atomic mass is 32.1. The Bertz CT molecular complexity index is 977. The summed E-state index contributed by atoms with van der Waals surface area (Å²) in [6.07, 6.45) is 0. The third-order valence-corrected chi connectivity index (χ3v) is 4.12. The van der Waals surface area contributed by atoms with E-state index in [4.69, 9.17) is 0 Å². The summed E-state index contributed by atoms with van der Waals surface area (Å²) in [7, 11) is 0. The molecule has 0 saturated heterocycles. The second-order valence-electron chi connectivity index (χ2n) is 5.21. The normalized spacial score (nSPS) is 10.4. The summed E-state index contributed by atoms with van der Waals surface area (Å²) in [5.41, 5.74) is 0.232. The molecule has 0 spiro atoms. The fraction of sp³-hybridized carbons (Fsp3) is 0. The maximum Gasteiger partial charge on any atom is 0.272 e. The van der Waals surface area contributed by atoms with Crippen molar-refractivity contribution in [2.24, 2.45) is 0 Å². The zero-order valence-electron chi connectivity index (χ0n) is 13.0. The number of halogens is 2. The zero-order chi connectivity index (χ0) is 18.7. The molecule has 0 atom stereocenters. The Balaban J connectivity index is 1.81. The molecule has 1 aromatic heterocycles. The lowest BCUT2D eigenvalue weighted by Crippen LogP contribution is -2.12. The Morgan fingerprint density at radius 2 is 1.85 bits per heavy atom. The van der Waals surface area contributed by atoms with Crippen molar-refractivity contribution >= 4 is 40.0 Å². The first kappa shape index (κ1) is 17.5. The molecule has 9 heteroatoms. The molecule has 1 amide bonds. The van der Waals surface area contributed by atoms with E-state index in [0.29, 0.717) is 11.3 Å². The van der Waals surface area contributed by atoms with Crippen LogP contribution < -0.4 is 10.6 Å². The zero-order valence-corrected chi connectivity index (χ0v) is 13.8. The SMILES string of the molecule is O=C(Nc1cc(Nc2ccc([N+](=O)[O-])cc2F)ccc1F)c1ccsc1. The first-order valence-electron chi connectivity index (χ1n) is 7.28. The molecule has 2 aromatic carbocycles. The number of carbonyl (C=O) groups excluding carboxylic acids is 1. The van der Waals surface area contributed by atoms with Crippen LogP contribution >= 0.6 is 11.3 Å². The van der Waals surface area contributed by atoms with E-state index in [9.17, 15) is 23.7 Å². The topological polar surface area (TPSA) is 84.3 Å². The number of nitro benzene ring substituents is 1. The number of thiophene rings is 1. The number of amides is 1. The molecule has 0 unspecified atom stereocenters. The fourth-order valence-electron chi connectivity index (χ4n) is 2.16. The highest BCUT2D eigenvalue weighted by Crippen LogP contribution is 2.27. The van der Waals surface area contributed by atoms with Gasteiger partial charge in [0.2, 0.25) is 0 Å². The number of carbonyl (C=O) groups is 1. The summed E-state index contributed by atoms with van der Waals surface area (Å²) < 4.78 is 27.9. The van der Waals surface area contributed by atoms with Crippen molar-refractivity contribution in [3.8, 4) is 0 Å². The van der Waals surface area contributed by atoms with E-state index >= 15 is 0 Å². The highest BCUT2D eigenvalue weighted by Gasteiger charge is 2.13. The number of nitro groups is 1. The van der Waals surface area contributed by atoms with E-state index in [1.165, 1.54) is 29.5 Å². The monoisotopic (exact) mass is 375 g/mol. The molecule has 0 radical (unpaired) electrons. The van der Waals surface area contributed by atoms with Gasteiger partial charge in [-0.15, -0.1) is 0 Å². The number of non-ortho nitro benzene ring substituents is 1. The molecule has 1 heterocycles. The van der Waals surface area contributed by atoms with Crippen molar-refractivity contribution in [1.82, 2.24) is 0 Å². The molecule has 0 saturated carbocycles. The molecular weight excluding hydrogens is 364 g/mol. The number of rotatable bonds is 5. The Morgan fingerprint density at radius 1 is 1.04 bits per heavy atom. The summed E-state index contributed by atoms with van der Waals surface area (Å²) in [5.74, 6) is -1.94. The van der Waals surface area contributed by atoms with Crippen LogP contribution in [0.15, 0.2) is 53.2 Å². The second kappa shape index (κ2) is 7.28. The van der Waals surface area contributed by atoms with Crippen LogP contribution in [0.2, 0.25) is 0 Å². The lowest BCUT2D eigenvalue weighted by atomic mass is 10.2. The van der Waals surface area contributed by atoms with Gasteiger partial charge in [0.15, 0.2) is 5.82 Å². The fourth-order valence-corrected chi connectivity index (χ4v) is 2.80. The molecule has 2 N–H and O–H groups in total. The third-order valence-electron chi connectivity index (χ3n) is 3.44. The van der Waals surface area contributed by atoms with E-state index in [-0.39, 0.29) is 17.1 Å². The lowest BCUT2D eigenvalue weighted by Gasteiger charge is -2.11. The van der Waals surface area contributed by atoms with Gasteiger partial charge in [-0.3, -0.25) is 14.9 Å². The van der Waals surface area contributed by atoms with Crippen LogP contribution in [-0.2, 0) is 0 Å². The Hall–Kier alpha value is -3.33. The predicted octanol–water partition coefficient (Wildman–Crippen LogP) is 4.93. The van der Waals surface area contributed by atoms with Gasteiger partial charge in [0, 0.05) is 17.1 Å². The Labute approximate surface area is 150 Å². The van der Waals surface area contributed by atoms with Gasteiger partial charge in [-0.2, -0.15) is 11.3 Å². The molecule has 0 aliphatic carbocycles. The van der Waals surface area contributed by atoms with Gasteiger partial charge in [-0.25, -0.2) is 8.78 Å². The summed E-state index contributed by atoms with van der Waals surface area (Å²) in [4.78, 5) is 22.0. The van der Waals surface area contributed by atoms with Crippen LogP contribution in [0.4, 0.5) is 31.5 Å². The molecule has 0 fully saturated rings. The van der Waals surface area contributed by atoms with E-state index in [2.05, 4.69) is 10.6 Å². The van der Waals surface area contributed by atoms with Crippen molar-refractivity contribution in [3.63, 3.8) is 0 Å². The molecule has 3 rings (SSSR count). The van der Waals surface area contributed by atoms with Gasteiger partial charge < -0.3 is 10.6 Å². The van der Waals surface area contributed by atoms with E-state index in [0.717, 1.165) is 18.2 Å². The number of benzene rings is 2. The second-order valence-corrected chi connectivity index (χ2v) is 5.99. The highest BCUT2D eigenvalue weighted by molar-refractivity contribution is 7.08. The minimum absolute atomic E-state index is 0.0164. The maximum absolute atomic E-state index is 14.0. The molecule has 0 aliphatic heterocycles. The van der Waals surface area contributed by atoms with Crippen LogP contribution in [0.25, 0.3) is 0 Å². The molecule has 0 aliphatic rings. The Kier molecular flexibility index (Phi) is 4.90. The molecule has 6 nitrogen and oxygen atoms in total. The van der Waals surface area contributed by atoms with Crippen molar-refractivity contribution < 1.29 is 18.5 Å². The average molecular weight is 375 g/mol. The van der Waals surface area contributed by atoms with E-state index in [1.54, 1.807) is 16.8 Å².